The van der Waals surface area contributed by atoms with E-state index in [4.69, 9.17) is 4.74 Å². The van der Waals surface area contributed by atoms with Crippen molar-refractivity contribution < 1.29 is 9.53 Å². The van der Waals surface area contributed by atoms with Gasteiger partial charge in [0.05, 0.1) is 23.9 Å². The molecule has 18 heavy (non-hydrogen) atoms. The molecule has 2 aromatic rings. The smallest absolute Gasteiger partial charge is 0.239 e. The Labute approximate surface area is 109 Å². The SMILES string of the molecule is CCNC(=O)CNc1nc2ccc(OC)cc2s1. The number of nitrogens with one attached hydrogen (secondary N) is 2. The summed E-state index contributed by atoms with van der Waals surface area (Å²) in [5, 5.41) is 6.47. The Kier molecular flexibility index (Phi) is 3.99. The lowest BCUT2D eigenvalue weighted by atomic mass is 10.3. The van der Waals surface area contributed by atoms with E-state index in [9.17, 15) is 4.79 Å². The number of likely N-dealkylation sites (N-methyl/N-ethyl adjacent to an activating group) is 1. The van der Waals surface area contributed by atoms with E-state index in [2.05, 4.69) is 15.6 Å². The maximum absolute atomic E-state index is 11.3. The minimum absolute atomic E-state index is 0.0330. The van der Waals surface area contributed by atoms with E-state index >= 15 is 0 Å². The highest BCUT2D eigenvalue weighted by molar-refractivity contribution is 7.22. The van der Waals surface area contributed by atoms with Gasteiger partial charge in [0, 0.05) is 6.54 Å². The van der Waals surface area contributed by atoms with Gasteiger partial charge in [-0.25, -0.2) is 4.98 Å². The molecule has 0 saturated heterocycles. The Bertz CT molecular complexity index is 553. The van der Waals surface area contributed by atoms with Crippen LogP contribution in [-0.4, -0.2) is 31.1 Å². The maximum atomic E-state index is 11.3. The van der Waals surface area contributed by atoms with Gasteiger partial charge in [-0.05, 0) is 25.1 Å². The highest BCUT2D eigenvalue weighted by Crippen LogP contribution is 2.28. The molecule has 1 aromatic heterocycles. The fourth-order valence-electron chi connectivity index (χ4n) is 1.52. The molecule has 0 aliphatic heterocycles. The second kappa shape index (κ2) is 5.68. The number of hydrogen-bond donors (Lipinski definition) is 2. The lowest BCUT2D eigenvalue weighted by Crippen LogP contribution is -2.29. The minimum atomic E-state index is -0.0330. The van der Waals surface area contributed by atoms with Crippen molar-refractivity contribution >= 4 is 32.6 Å². The van der Waals surface area contributed by atoms with Gasteiger partial charge in [-0.15, -0.1) is 0 Å². The number of rotatable bonds is 5. The summed E-state index contributed by atoms with van der Waals surface area (Å²) < 4.78 is 6.19. The molecule has 2 N–H and O–H groups in total. The number of methoxy groups -OCH3 is 1. The molecule has 2 rings (SSSR count). The molecule has 1 heterocycles. The fourth-order valence-corrected chi connectivity index (χ4v) is 2.41. The second-order valence-corrected chi connectivity index (χ2v) is 4.69. The van der Waals surface area contributed by atoms with Gasteiger partial charge in [0.1, 0.15) is 5.75 Å². The van der Waals surface area contributed by atoms with E-state index in [1.165, 1.54) is 11.3 Å². The molecule has 6 heteroatoms. The third-order valence-corrected chi connectivity index (χ3v) is 3.35. The number of carbonyl (C=O) groups excluding carboxylic acids is 1. The minimum Gasteiger partial charge on any atom is -0.497 e. The summed E-state index contributed by atoms with van der Waals surface area (Å²) in [6.45, 7) is 2.77. The molecule has 0 radical (unpaired) electrons. The Morgan fingerprint density at radius 1 is 1.50 bits per heavy atom. The number of thiazole rings is 1. The second-order valence-electron chi connectivity index (χ2n) is 3.66. The van der Waals surface area contributed by atoms with Crippen molar-refractivity contribution in [1.29, 1.82) is 0 Å². The molecule has 0 unspecified atom stereocenters. The lowest BCUT2D eigenvalue weighted by molar-refractivity contribution is -0.119. The summed E-state index contributed by atoms with van der Waals surface area (Å²) >= 11 is 1.50. The van der Waals surface area contributed by atoms with Crippen LogP contribution in [0, 0.1) is 0 Å². The molecule has 1 amide bonds. The molecular formula is C12H15N3O2S. The largest absolute Gasteiger partial charge is 0.497 e. The van der Waals surface area contributed by atoms with Crippen LogP contribution in [0.1, 0.15) is 6.92 Å². The molecule has 0 aliphatic carbocycles. The summed E-state index contributed by atoms with van der Waals surface area (Å²) in [5.41, 5.74) is 0.902. The zero-order valence-electron chi connectivity index (χ0n) is 10.3. The first-order valence-electron chi connectivity index (χ1n) is 5.68. The zero-order valence-corrected chi connectivity index (χ0v) is 11.1. The average molecular weight is 265 g/mol. The quantitative estimate of drug-likeness (QED) is 0.866. The number of ether oxygens (including phenoxy) is 1. The van der Waals surface area contributed by atoms with Crippen LogP contribution in [0.25, 0.3) is 10.2 Å². The zero-order chi connectivity index (χ0) is 13.0. The van der Waals surface area contributed by atoms with Gasteiger partial charge in [-0.2, -0.15) is 0 Å². The van der Waals surface area contributed by atoms with Gasteiger partial charge < -0.3 is 15.4 Å². The van der Waals surface area contributed by atoms with Crippen LogP contribution in [0.2, 0.25) is 0 Å². The van der Waals surface area contributed by atoms with Crippen molar-refractivity contribution in [3.8, 4) is 5.75 Å². The Morgan fingerprint density at radius 2 is 2.33 bits per heavy atom. The van der Waals surface area contributed by atoms with Crippen LogP contribution in [0.15, 0.2) is 18.2 Å². The van der Waals surface area contributed by atoms with E-state index < -0.39 is 0 Å². The highest BCUT2D eigenvalue weighted by Gasteiger charge is 2.06. The van der Waals surface area contributed by atoms with Crippen molar-refractivity contribution in [2.75, 3.05) is 25.5 Å². The number of amides is 1. The van der Waals surface area contributed by atoms with Gasteiger partial charge in [-0.1, -0.05) is 11.3 Å². The third-order valence-electron chi connectivity index (χ3n) is 2.37. The fraction of sp³-hybridized carbons (Fsp3) is 0.333. The number of hydrogen-bond acceptors (Lipinski definition) is 5. The van der Waals surface area contributed by atoms with Crippen LogP contribution in [0.3, 0.4) is 0 Å². The Balaban J connectivity index is 2.08. The van der Waals surface area contributed by atoms with Crippen molar-refractivity contribution in [3.63, 3.8) is 0 Å². The van der Waals surface area contributed by atoms with E-state index in [0.29, 0.717) is 6.54 Å². The van der Waals surface area contributed by atoms with Gasteiger partial charge in [0.2, 0.25) is 5.91 Å². The molecule has 96 valence electrons. The standard InChI is InChI=1S/C12H15N3O2S/c1-3-13-11(16)7-14-12-15-9-5-4-8(17-2)6-10(9)18-12/h4-6H,3,7H2,1-2H3,(H,13,16)(H,14,15). The van der Waals surface area contributed by atoms with Gasteiger partial charge in [-0.3, -0.25) is 4.79 Å². The van der Waals surface area contributed by atoms with Crippen molar-refractivity contribution in [3.05, 3.63) is 18.2 Å². The van der Waals surface area contributed by atoms with E-state index in [1.807, 2.05) is 25.1 Å². The molecule has 0 aliphatic rings. The number of nitrogens with zero attached hydrogens (tertiary/aromatic N) is 1. The van der Waals surface area contributed by atoms with Gasteiger partial charge >= 0.3 is 0 Å². The summed E-state index contributed by atoms with van der Waals surface area (Å²) in [6.07, 6.45) is 0. The molecule has 0 bridgehead atoms. The average Bonchev–Trinajstić information content (AvgIpc) is 2.78. The van der Waals surface area contributed by atoms with Crippen molar-refractivity contribution in [2.45, 2.75) is 6.92 Å². The predicted molar refractivity (Wildman–Crippen MR) is 73.3 cm³/mol. The number of fused-ring (bicyclic) bond motifs is 1. The van der Waals surface area contributed by atoms with Crippen LogP contribution >= 0.6 is 11.3 Å². The van der Waals surface area contributed by atoms with Gasteiger partial charge in [0.15, 0.2) is 5.13 Å². The number of aromatic nitrogens is 1. The predicted octanol–water partition coefficient (Wildman–Crippen LogP) is 1.85. The number of benzene rings is 1. The number of anilines is 1. The first-order chi connectivity index (χ1) is 8.72. The highest BCUT2D eigenvalue weighted by atomic mass is 32.1. The maximum Gasteiger partial charge on any atom is 0.239 e. The van der Waals surface area contributed by atoms with Gasteiger partial charge in [0.25, 0.3) is 0 Å². The monoisotopic (exact) mass is 265 g/mol. The third kappa shape index (κ3) is 2.89. The first kappa shape index (κ1) is 12.6. The molecule has 0 saturated carbocycles. The summed E-state index contributed by atoms with van der Waals surface area (Å²) in [6, 6.07) is 5.71. The summed E-state index contributed by atoms with van der Waals surface area (Å²) in [5.74, 6) is 0.774. The van der Waals surface area contributed by atoms with Crippen LogP contribution in [-0.2, 0) is 4.79 Å². The normalized spacial score (nSPS) is 10.3. The summed E-state index contributed by atoms with van der Waals surface area (Å²) in [4.78, 5) is 15.7. The van der Waals surface area contributed by atoms with Crippen LogP contribution in [0.5, 0.6) is 5.75 Å². The Morgan fingerprint density at radius 3 is 3.06 bits per heavy atom. The molecular weight excluding hydrogens is 250 g/mol. The van der Waals surface area contributed by atoms with Crippen molar-refractivity contribution in [2.24, 2.45) is 0 Å². The first-order valence-corrected chi connectivity index (χ1v) is 6.49. The molecule has 0 spiro atoms. The number of carbonyl (C=O) groups is 1. The van der Waals surface area contributed by atoms with E-state index in [1.54, 1.807) is 7.11 Å². The molecule has 0 fully saturated rings. The van der Waals surface area contributed by atoms with E-state index in [0.717, 1.165) is 21.1 Å². The summed E-state index contributed by atoms with van der Waals surface area (Å²) in [7, 11) is 1.64. The molecule has 1 aromatic carbocycles. The van der Waals surface area contributed by atoms with Crippen LogP contribution < -0.4 is 15.4 Å². The lowest BCUT2D eigenvalue weighted by Gasteiger charge is -2.01. The molecule has 5 nitrogen and oxygen atoms in total. The van der Waals surface area contributed by atoms with Crippen molar-refractivity contribution in [1.82, 2.24) is 10.3 Å². The Hall–Kier alpha value is -1.82. The topological polar surface area (TPSA) is 63.2 Å². The van der Waals surface area contributed by atoms with E-state index in [-0.39, 0.29) is 12.5 Å². The molecule has 0 atom stereocenters. The van der Waals surface area contributed by atoms with Crippen LogP contribution in [0.4, 0.5) is 5.13 Å².